The molecule has 3 aromatic rings. The molecule has 2 aromatic heterocycles. The Morgan fingerprint density at radius 3 is 2.75 bits per heavy atom. The third-order valence-corrected chi connectivity index (χ3v) is 6.27. The van der Waals surface area contributed by atoms with Crippen LogP contribution in [0.15, 0.2) is 36.4 Å². The molecule has 28 heavy (non-hydrogen) atoms. The molecule has 1 aliphatic rings. The zero-order chi connectivity index (χ0) is 19.8. The van der Waals surface area contributed by atoms with Gasteiger partial charge in [0.05, 0.1) is 23.2 Å². The largest absolute Gasteiger partial charge is 0.480 e. The van der Waals surface area contributed by atoms with Gasteiger partial charge in [-0.2, -0.15) is 5.10 Å². The van der Waals surface area contributed by atoms with Gasteiger partial charge in [0.15, 0.2) is 0 Å². The number of hydrogen-bond donors (Lipinski definition) is 1. The van der Waals surface area contributed by atoms with Crippen molar-refractivity contribution in [2.75, 3.05) is 13.7 Å². The molecule has 1 N–H and O–H groups in total. The van der Waals surface area contributed by atoms with Crippen molar-refractivity contribution in [2.45, 2.75) is 32.0 Å². The van der Waals surface area contributed by atoms with E-state index >= 15 is 0 Å². The van der Waals surface area contributed by atoms with Crippen LogP contribution in [0.2, 0.25) is 0 Å². The van der Waals surface area contributed by atoms with Crippen LogP contribution in [0.3, 0.4) is 0 Å². The Labute approximate surface area is 166 Å². The lowest BCUT2D eigenvalue weighted by atomic mass is 10.2. The Bertz CT molecular complexity index is 1030. The summed E-state index contributed by atoms with van der Waals surface area (Å²) in [5.74, 6) is -1.26. The molecule has 0 spiro atoms. The van der Waals surface area contributed by atoms with E-state index in [-0.39, 0.29) is 18.6 Å². The van der Waals surface area contributed by atoms with Gasteiger partial charge in [-0.1, -0.05) is 30.3 Å². The number of benzene rings is 1. The number of carbonyl (C=O) groups is 2. The molecule has 1 saturated heterocycles. The van der Waals surface area contributed by atoms with Gasteiger partial charge in [-0.25, -0.2) is 4.79 Å². The zero-order valence-corrected chi connectivity index (χ0v) is 16.5. The van der Waals surface area contributed by atoms with Crippen molar-refractivity contribution >= 4 is 33.4 Å². The summed E-state index contributed by atoms with van der Waals surface area (Å²) in [5, 5.41) is 15.0. The molecule has 1 fully saturated rings. The van der Waals surface area contributed by atoms with E-state index in [0.29, 0.717) is 17.8 Å². The van der Waals surface area contributed by atoms with E-state index in [1.807, 2.05) is 48.0 Å². The third-order valence-electron chi connectivity index (χ3n) is 5.14. The molecule has 1 aromatic carbocycles. The first kappa shape index (κ1) is 18.6. The van der Waals surface area contributed by atoms with E-state index in [9.17, 15) is 14.7 Å². The molecule has 3 heterocycles. The van der Waals surface area contributed by atoms with Gasteiger partial charge < -0.3 is 14.7 Å². The molecule has 2 atom stereocenters. The van der Waals surface area contributed by atoms with Crippen LogP contribution >= 0.6 is 11.3 Å². The molecule has 8 heteroatoms. The first-order valence-corrected chi connectivity index (χ1v) is 9.87. The number of likely N-dealkylation sites (tertiary alicyclic amines) is 1. The van der Waals surface area contributed by atoms with Crippen LogP contribution in [0.25, 0.3) is 10.2 Å². The Morgan fingerprint density at radius 2 is 2.07 bits per heavy atom. The lowest BCUT2D eigenvalue weighted by Gasteiger charge is -2.20. The highest BCUT2D eigenvalue weighted by molar-refractivity contribution is 7.20. The van der Waals surface area contributed by atoms with Crippen molar-refractivity contribution in [3.63, 3.8) is 0 Å². The molecule has 0 radical (unpaired) electrons. The molecule has 1 aliphatic heterocycles. The number of aryl methyl sites for hydroxylation is 1. The second kappa shape index (κ2) is 7.37. The first-order chi connectivity index (χ1) is 13.5. The van der Waals surface area contributed by atoms with Crippen molar-refractivity contribution in [3.8, 4) is 0 Å². The minimum Gasteiger partial charge on any atom is -0.480 e. The van der Waals surface area contributed by atoms with E-state index in [1.54, 1.807) is 7.11 Å². The highest BCUT2D eigenvalue weighted by atomic mass is 32.1. The number of aromatic nitrogens is 2. The maximum absolute atomic E-state index is 13.1. The number of hydrogen-bond acceptors (Lipinski definition) is 5. The smallest absolute Gasteiger partial charge is 0.326 e. The van der Waals surface area contributed by atoms with Crippen molar-refractivity contribution in [1.29, 1.82) is 0 Å². The molecule has 0 bridgehead atoms. The van der Waals surface area contributed by atoms with Crippen LogP contribution < -0.4 is 0 Å². The average Bonchev–Trinajstić information content (AvgIpc) is 3.38. The van der Waals surface area contributed by atoms with Gasteiger partial charge >= 0.3 is 5.97 Å². The molecule has 1 amide bonds. The maximum atomic E-state index is 13.1. The van der Waals surface area contributed by atoms with E-state index in [4.69, 9.17) is 4.74 Å². The number of ether oxygens (including phenoxy) is 1. The van der Waals surface area contributed by atoms with Crippen molar-refractivity contribution in [1.82, 2.24) is 14.7 Å². The highest BCUT2D eigenvalue weighted by Gasteiger charge is 2.40. The Hall–Kier alpha value is -2.71. The van der Waals surface area contributed by atoms with E-state index < -0.39 is 12.0 Å². The Morgan fingerprint density at radius 1 is 1.32 bits per heavy atom. The summed E-state index contributed by atoms with van der Waals surface area (Å²) in [5.41, 5.74) is 1.98. The van der Waals surface area contributed by atoms with Gasteiger partial charge in [0, 0.05) is 25.5 Å². The number of carbonyl (C=O) groups excluding carboxylic acids is 1. The van der Waals surface area contributed by atoms with Crippen LogP contribution in [0, 0.1) is 6.92 Å². The highest BCUT2D eigenvalue weighted by Crippen LogP contribution is 2.32. The standard InChI is InChI=1S/C20H21N3O4S/c1-12-15-9-17(18(24)22-11-14(27-2)8-16(22)20(25)26)28-19(15)23(21-12)10-13-6-4-3-5-7-13/h3-7,9,14,16H,8,10-11H2,1-2H3,(H,25,26). The number of nitrogens with zero attached hydrogens (tertiary/aromatic N) is 3. The van der Waals surface area contributed by atoms with Gasteiger partial charge in [0.25, 0.3) is 5.91 Å². The SMILES string of the molecule is COC1CC(C(=O)O)N(C(=O)c2cc3c(C)nn(Cc4ccccc4)c3s2)C1. The minimum absolute atomic E-state index is 0.255. The monoisotopic (exact) mass is 399 g/mol. The molecule has 146 valence electrons. The predicted molar refractivity (Wildman–Crippen MR) is 106 cm³/mol. The number of carboxylic acid groups (broad SMARTS) is 1. The summed E-state index contributed by atoms with van der Waals surface area (Å²) in [4.78, 5) is 27.5. The molecule has 0 saturated carbocycles. The van der Waals surface area contributed by atoms with Gasteiger partial charge in [0.1, 0.15) is 10.9 Å². The third kappa shape index (κ3) is 3.29. The summed E-state index contributed by atoms with van der Waals surface area (Å²) in [6.45, 7) is 2.82. The fourth-order valence-corrected chi connectivity index (χ4v) is 4.77. The van der Waals surface area contributed by atoms with Crippen molar-refractivity contribution < 1.29 is 19.4 Å². The molecular formula is C20H21N3O4S. The second-order valence-electron chi connectivity index (χ2n) is 6.96. The van der Waals surface area contributed by atoms with Crippen LogP contribution in [-0.2, 0) is 16.1 Å². The van der Waals surface area contributed by atoms with Gasteiger partial charge in [-0.05, 0) is 18.6 Å². The van der Waals surface area contributed by atoms with Crippen LogP contribution in [0.1, 0.15) is 27.3 Å². The summed E-state index contributed by atoms with van der Waals surface area (Å²) in [6.07, 6.45) is 0.0539. The topological polar surface area (TPSA) is 84.7 Å². The van der Waals surface area contributed by atoms with Crippen molar-refractivity contribution in [2.24, 2.45) is 0 Å². The number of carboxylic acids is 1. The van der Waals surface area contributed by atoms with E-state index in [0.717, 1.165) is 21.5 Å². The molecule has 0 aliphatic carbocycles. The van der Waals surface area contributed by atoms with Crippen molar-refractivity contribution in [3.05, 3.63) is 52.5 Å². The number of fused-ring (bicyclic) bond motifs is 1. The van der Waals surface area contributed by atoms with Gasteiger partial charge in [-0.15, -0.1) is 11.3 Å². The van der Waals surface area contributed by atoms with Crippen LogP contribution in [0.4, 0.5) is 0 Å². The minimum atomic E-state index is -1.000. The summed E-state index contributed by atoms with van der Waals surface area (Å²) < 4.78 is 7.19. The predicted octanol–water partition coefficient (Wildman–Crippen LogP) is 2.77. The molecule has 4 rings (SSSR count). The first-order valence-electron chi connectivity index (χ1n) is 9.05. The average molecular weight is 399 g/mol. The lowest BCUT2D eigenvalue weighted by Crippen LogP contribution is -2.40. The molecule has 2 unspecified atom stereocenters. The summed E-state index contributed by atoms with van der Waals surface area (Å²) in [6, 6.07) is 11.0. The van der Waals surface area contributed by atoms with Crippen LogP contribution in [0.5, 0.6) is 0 Å². The molecular weight excluding hydrogens is 378 g/mol. The number of amides is 1. The quantitative estimate of drug-likeness (QED) is 0.713. The number of aliphatic carboxylic acids is 1. The maximum Gasteiger partial charge on any atom is 0.326 e. The summed E-state index contributed by atoms with van der Waals surface area (Å²) >= 11 is 1.36. The fourth-order valence-electron chi connectivity index (χ4n) is 3.65. The van der Waals surface area contributed by atoms with E-state index in [1.165, 1.54) is 16.2 Å². The normalized spacial score (nSPS) is 19.4. The van der Waals surface area contributed by atoms with Gasteiger partial charge in [-0.3, -0.25) is 9.48 Å². The number of rotatable bonds is 5. The molecule has 7 nitrogen and oxygen atoms in total. The Balaban J connectivity index is 1.65. The fraction of sp³-hybridized carbons (Fsp3) is 0.350. The Kier molecular flexibility index (Phi) is 4.91. The van der Waals surface area contributed by atoms with E-state index in [2.05, 4.69) is 5.10 Å². The van der Waals surface area contributed by atoms with Crippen LogP contribution in [-0.4, -0.2) is 57.5 Å². The lowest BCUT2D eigenvalue weighted by molar-refractivity contribution is -0.141. The van der Waals surface area contributed by atoms with Gasteiger partial charge in [0.2, 0.25) is 0 Å². The number of thiophene rings is 1. The zero-order valence-electron chi connectivity index (χ0n) is 15.7. The summed E-state index contributed by atoms with van der Waals surface area (Å²) in [7, 11) is 1.54. The second-order valence-corrected chi connectivity index (χ2v) is 7.99. The number of methoxy groups -OCH3 is 1.